The van der Waals surface area contributed by atoms with E-state index in [0.717, 1.165) is 31.2 Å². The Morgan fingerprint density at radius 1 is 1.09 bits per heavy atom. The van der Waals surface area contributed by atoms with E-state index < -0.39 is 36.1 Å². The average Bonchev–Trinajstić information content (AvgIpc) is 3.43. The number of ether oxygens (including phenoxy) is 2. The molecule has 1 fully saturated rings. The Morgan fingerprint density at radius 2 is 1.80 bits per heavy atom. The van der Waals surface area contributed by atoms with E-state index in [-0.39, 0.29) is 23.3 Å². The van der Waals surface area contributed by atoms with Crippen LogP contribution in [-0.4, -0.2) is 46.2 Å². The number of benzene rings is 2. The molecule has 1 saturated carbocycles. The van der Waals surface area contributed by atoms with Crippen molar-refractivity contribution >= 4 is 5.91 Å². The van der Waals surface area contributed by atoms with Crippen LogP contribution in [0.3, 0.4) is 0 Å². The van der Waals surface area contributed by atoms with Crippen molar-refractivity contribution < 1.29 is 32.5 Å². The van der Waals surface area contributed by atoms with Gasteiger partial charge in [0.1, 0.15) is 17.1 Å². The zero-order chi connectivity index (χ0) is 33.1. The van der Waals surface area contributed by atoms with Crippen LogP contribution in [0, 0.1) is 5.41 Å². The minimum atomic E-state index is -4.83. The maximum atomic E-state index is 13.5. The van der Waals surface area contributed by atoms with E-state index in [0.29, 0.717) is 36.3 Å². The fraction of sp³-hybridized carbons (Fsp3) is 0.486. The molecule has 3 N–H and O–H groups in total. The standard InChI is InChI=1S/C35H42F3N3O5/c1-33(2,3)22-41-21-24(11-14-31(41)43)32(44)40-27(17-23-9-5-4-6-10-23)29(42)20-39-28-19-34(15-7-8-16-34)46-30-13-12-25(18-26(28)30)45-35(36,37)38/h4-6,9-14,18,21,27-29,39,42H,7-8,15-17,19-20,22H2,1-3H3,(H,40,44)/t27-,28-,29+/m0/s1. The number of fused-ring (bicyclic) bond motifs is 1. The van der Waals surface area contributed by atoms with Crippen LogP contribution in [0.1, 0.15) is 80.4 Å². The summed E-state index contributed by atoms with van der Waals surface area (Å²) in [6.07, 6.45) is 0.136. The molecule has 1 aliphatic heterocycles. The van der Waals surface area contributed by atoms with E-state index in [1.54, 1.807) is 0 Å². The molecule has 0 radical (unpaired) electrons. The van der Waals surface area contributed by atoms with Gasteiger partial charge in [0, 0.05) is 43.4 Å². The Bertz CT molecular complexity index is 1560. The Morgan fingerprint density at radius 3 is 2.48 bits per heavy atom. The van der Waals surface area contributed by atoms with Crippen LogP contribution < -0.4 is 25.7 Å². The van der Waals surface area contributed by atoms with E-state index >= 15 is 0 Å². The van der Waals surface area contributed by atoms with Gasteiger partial charge in [-0.2, -0.15) is 0 Å². The van der Waals surface area contributed by atoms with Crippen molar-refractivity contribution in [3.8, 4) is 11.5 Å². The molecule has 2 heterocycles. The number of nitrogens with one attached hydrogen (secondary N) is 2. The highest BCUT2D eigenvalue weighted by atomic mass is 19.4. The summed E-state index contributed by atoms with van der Waals surface area (Å²) in [5.41, 5.74) is 0.889. The van der Waals surface area contributed by atoms with Crippen LogP contribution in [0.5, 0.6) is 11.5 Å². The third kappa shape index (κ3) is 8.70. The molecule has 1 spiro atoms. The Balaban J connectivity index is 1.36. The minimum Gasteiger partial charge on any atom is -0.487 e. The zero-order valence-corrected chi connectivity index (χ0v) is 26.4. The average molecular weight is 642 g/mol. The fourth-order valence-corrected chi connectivity index (χ4v) is 6.46. The van der Waals surface area contributed by atoms with Gasteiger partial charge >= 0.3 is 6.36 Å². The molecule has 11 heteroatoms. The molecule has 248 valence electrons. The molecule has 2 aromatic carbocycles. The lowest BCUT2D eigenvalue weighted by atomic mass is 9.85. The Kier molecular flexibility index (Phi) is 9.83. The van der Waals surface area contributed by atoms with E-state index in [9.17, 15) is 27.9 Å². The van der Waals surface area contributed by atoms with Crippen molar-refractivity contribution in [2.75, 3.05) is 6.54 Å². The molecule has 3 aromatic rings. The van der Waals surface area contributed by atoms with Crippen LogP contribution >= 0.6 is 0 Å². The fourth-order valence-electron chi connectivity index (χ4n) is 6.46. The third-order valence-electron chi connectivity index (χ3n) is 8.55. The van der Waals surface area contributed by atoms with Crippen LogP contribution in [-0.2, 0) is 13.0 Å². The first-order chi connectivity index (χ1) is 21.7. The number of aliphatic hydroxyl groups is 1. The third-order valence-corrected chi connectivity index (χ3v) is 8.55. The topological polar surface area (TPSA) is 102 Å². The molecule has 0 bridgehead atoms. The molecule has 46 heavy (non-hydrogen) atoms. The summed E-state index contributed by atoms with van der Waals surface area (Å²) in [4.78, 5) is 25.9. The van der Waals surface area contributed by atoms with Gasteiger partial charge in [-0.25, -0.2) is 0 Å². The van der Waals surface area contributed by atoms with Crippen LogP contribution in [0.2, 0.25) is 0 Å². The zero-order valence-electron chi connectivity index (χ0n) is 26.4. The van der Waals surface area contributed by atoms with Crippen molar-refractivity contribution in [3.63, 3.8) is 0 Å². The number of pyridine rings is 1. The van der Waals surface area contributed by atoms with Crippen LogP contribution in [0.25, 0.3) is 0 Å². The van der Waals surface area contributed by atoms with Gasteiger partial charge in [0.2, 0.25) is 0 Å². The minimum absolute atomic E-state index is 0.0475. The summed E-state index contributed by atoms with van der Waals surface area (Å²) in [6, 6.07) is 15.3. The van der Waals surface area contributed by atoms with E-state index in [1.807, 2.05) is 51.1 Å². The van der Waals surface area contributed by atoms with Gasteiger partial charge in [-0.1, -0.05) is 51.1 Å². The van der Waals surface area contributed by atoms with Gasteiger partial charge in [-0.05, 0) is 67.3 Å². The van der Waals surface area contributed by atoms with Gasteiger partial charge in [0.05, 0.1) is 17.7 Å². The molecule has 0 unspecified atom stereocenters. The lowest BCUT2D eigenvalue weighted by molar-refractivity contribution is -0.274. The predicted octanol–water partition coefficient (Wildman–Crippen LogP) is 5.92. The van der Waals surface area contributed by atoms with Crippen molar-refractivity contribution in [2.24, 2.45) is 5.41 Å². The number of rotatable bonds is 10. The molecular weight excluding hydrogens is 599 g/mol. The van der Waals surface area contributed by atoms with Crippen molar-refractivity contribution in [1.29, 1.82) is 0 Å². The summed E-state index contributed by atoms with van der Waals surface area (Å²) in [6.45, 7) is 6.48. The normalized spacial score (nSPS) is 18.8. The number of halogens is 3. The summed E-state index contributed by atoms with van der Waals surface area (Å²) < 4.78 is 51.1. The first-order valence-corrected chi connectivity index (χ1v) is 15.7. The maximum absolute atomic E-state index is 13.5. The number of carbonyl (C=O) groups excluding carboxylic acids is 1. The lowest BCUT2D eigenvalue weighted by Gasteiger charge is -2.41. The largest absolute Gasteiger partial charge is 0.573 e. The predicted molar refractivity (Wildman–Crippen MR) is 168 cm³/mol. The summed E-state index contributed by atoms with van der Waals surface area (Å²) in [5.74, 6) is -0.279. The molecule has 1 amide bonds. The quantitative estimate of drug-likeness (QED) is 0.254. The second-order valence-corrected chi connectivity index (χ2v) is 13.7. The van der Waals surface area contributed by atoms with Crippen molar-refractivity contribution in [3.05, 3.63) is 93.9 Å². The molecular formula is C35H42F3N3O5. The lowest BCUT2D eigenvalue weighted by Crippen LogP contribution is -2.50. The smallest absolute Gasteiger partial charge is 0.487 e. The number of carbonyl (C=O) groups is 1. The number of hydrogen-bond acceptors (Lipinski definition) is 6. The molecule has 1 aliphatic carbocycles. The van der Waals surface area contributed by atoms with Crippen molar-refractivity contribution in [1.82, 2.24) is 15.2 Å². The Labute approximate surface area is 266 Å². The highest BCUT2D eigenvalue weighted by molar-refractivity contribution is 5.94. The summed E-state index contributed by atoms with van der Waals surface area (Å²) in [7, 11) is 0. The highest BCUT2D eigenvalue weighted by Gasteiger charge is 2.44. The summed E-state index contributed by atoms with van der Waals surface area (Å²) >= 11 is 0. The maximum Gasteiger partial charge on any atom is 0.573 e. The number of hydrogen-bond donors (Lipinski definition) is 3. The van der Waals surface area contributed by atoms with E-state index in [1.165, 1.54) is 41.1 Å². The van der Waals surface area contributed by atoms with Gasteiger partial charge in [0.15, 0.2) is 0 Å². The Hall–Kier alpha value is -3.83. The molecule has 8 nitrogen and oxygen atoms in total. The SMILES string of the molecule is CC(C)(C)Cn1cc(C(=O)N[C@@H](Cc2ccccc2)[C@H](O)CN[C@H]2CC3(CCCC3)Oc3ccc(OC(F)(F)F)cc32)ccc1=O. The van der Waals surface area contributed by atoms with Gasteiger partial charge < -0.3 is 29.8 Å². The van der Waals surface area contributed by atoms with E-state index in [4.69, 9.17) is 4.74 Å². The van der Waals surface area contributed by atoms with E-state index in [2.05, 4.69) is 15.4 Å². The monoisotopic (exact) mass is 641 g/mol. The number of nitrogens with zero attached hydrogens (tertiary/aromatic N) is 1. The number of amides is 1. The molecule has 3 atom stereocenters. The van der Waals surface area contributed by atoms with Gasteiger partial charge in [-0.3, -0.25) is 9.59 Å². The van der Waals surface area contributed by atoms with Crippen LogP contribution in [0.4, 0.5) is 13.2 Å². The number of aliphatic hydroxyl groups excluding tert-OH is 1. The molecule has 5 rings (SSSR count). The second-order valence-electron chi connectivity index (χ2n) is 13.7. The van der Waals surface area contributed by atoms with Crippen molar-refractivity contribution in [2.45, 2.75) is 96.0 Å². The number of alkyl halides is 3. The summed E-state index contributed by atoms with van der Waals surface area (Å²) in [5, 5.41) is 17.9. The molecule has 0 saturated heterocycles. The first kappa shape index (κ1) is 33.5. The molecule has 2 aliphatic rings. The van der Waals surface area contributed by atoms with Gasteiger partial charge in [-0.15, -0.1) is 13.2 Å². The molecule has 1 aromatic heterocycles. The number of aromatic nitrogens is 1. The van der Waals surface area contributed by atoms with Crippen LogP contribution in [0.15, 0.2) is 71.7 Å². The van der Waals surface area contributed by atoms with Gasteiger partial charge in [0.25, 0.3) is 11.5 Å². The second kappa shape index (κ2) is 13.5. The highest BCUT2D eigenvalue weighted by Crippen LogP contribution is 2.48. The first-order valence-electron chi connectivity index (χ1n) is 15.7.